The van der Waals surface area contributed by atoms with Crippen molar-refractivity contribution in [2.24, 2.45) is 5.73 Å². The van der Waals surface area contributed by atoms with Crippen molar-refractivity contribution >= 4 is 21.7 Å². The number of aromatic nitrogens is 2. The molecule has 0 spiro atoms. The van der Waals surface area contributed by atoms with Gasteiger partial charge in [-0.25, -0.2) is 9.97 Å². The molecule has 0 fully saturated rings. The Labute approximate surface area is 92.5 Å². The first-order valence-electron chi connectivity index (χ1n) is 4.43. The highest BCUT2D eigenvalue weighted by Crippen LogP contribution is 2.22. The Hall–Kier alpha value is -0.680. The van der Waals surface area contributed by atoms with Gasteiger partial charge in [0.25, 0.3) is 0 Å². The van der Waals surface area contributed by atoms with Crippen LogP contribution in [0.4, 0.5) is 5.82 Å². The minimum atomic E-state index is -0.198. The normalized spacial score (nSPS) is 13.8. The molecule has 0 aromatic carbocycles. The fraction of sp³-hybridized carbons (Fsp3) is 0.556. The summed E-state index contributed by atoms with van der Waals surface area (Å²) >= 11 is 3.37. The van der Waals surface area contributed by atoms with Gasteiger partial charge in [0.05, 0.1) is 4.47 Å². The molecular weight excluding hydrogens is 244 g/mol. The summed E-state index contributed by atoms with van der Waals surface area (Å²) in [5.74, 6) is 0.766. The molecule has 0 aliphatic heterocycles. The Morgan fingerprint density at radius 2 is 2.21 bits per heavy atom. The van der Waals surface area contributed by atoms with Crippen molar-refractivity contribution in [2.45, 2.75) is 32.4 Å². The zero-order valence-corrected chi connectivity index (χ0v) is 10.2. The first kappa shape index (κ1) is 11.4. The van der Waals surface area contributed by atoms with Gasteiger partial charge in [-0.3, -0.25) is 0 Å². The van der Waals surface area contributed by atoms with Gasteiger partial charge < -0.3 is 11.1 Å². The summed E-state index contributed by atoms with van der Waals surface area (Å²) in [7, 11) is 0. The largest absolute Gasteiger partial charge is 0.363 e. The molecule has 14 heavy (non-hydrogen) atoms. The number of nitrogens with one attached hydrogen (secondary N) is 1. The van der Waals surface area contributed by atoms with Crippen LogP contribution in [-0.2, 0) is 0 Å². The van der Waals surface area contributed by atoms with Gasteiger partial charge in [0.1, 0.15) is 12.1 Å². The third-order valence-corrected chi connectivity index (χ3v) is 2.83. The van der Waals surface area contributed by atoms with E-state index in [0.717, 1.165) is 10.3 Å². The lowest BCUT2D eigenvalue weighted by Gasteiger charge is -2.31. The fourth-order valence-corrected chi connectivity index (χ4v) is 1.14. The van der Waals surface area contributed by atoms with Crippen LogP contribution in [0, 0.1) is 0 Å². The number of nitrogens with zero attached hydrogens (tertiary/aromatic N) is 2. The van der Waals surface area contributed by atoms with Crippen molar-refractivity contribution in [1.29, 1.82) is 0 Å². The van der Waals surface area contributed by atoms with Gasteiger partial charge in [-0.1, -0.05) is 0 Å². The summed E-state index contributed by atoms with van der Waals surface area (Å²) < 4.78 is 0.841. The van der Waals surface area contributed by atoms with Gasteiger partial charge in [-0.15, -0.1) is 0 Å². The van der Waals surface area contributed by atoms with Gasteiger partial charge >= 0.3 is 0 Å². The summed E-state index contributed by atoms with van der Waals surface area (Å²) in [6, 6.07) is 0.0318. The third kappa shape index (κ3) is 2.65. The van der Waals surface area contributed by atoms with Crippen LogP contribution >= 0.6 is 15.9 Å². The van der Waals surface area contributed by atoms with Crippen molar-refractivity contribution in [3.8, 4) is 0 Å². The van der Waals surface area contributed by atoms with Crippen LogP contribution in [0.2, 0.25) is 0 Å². The Balaban J connectivity index is 2.84. The van der Waals surface area contributed by atoms with Crippen molar-refractivity contribution in [3.63, 3.8) is 0 Å². The average molecular weight is 259 g/mol. The van der Waals surface area contributed by atoms with Crippen LogP contribution in [0.3, 0.4) is 0 Å². The molecule has 0 radical (unpaired) electrons. The molecule has 1 aromatic heterocycles. The topological polar surface area (TPSA) is 63.8 Å². The lowest BCUT2D eigenvalue weighted by molar-refractivity contribution is 0.468. The van der Waals surface area contributed by atoms with Crippen molar-refractivity contribution in [3.05, 3.63) is 17.0 Å². The summed E-state index contributed by atoms with van der Waals surface area (Å²) in [4.78, 5) is 8.01. The summed E-state index contributed by atoms with van der Waals surface area (Å²) in [6.07, 6.45) is 3.21. The fourth-order valence-electron chi connectivity index (χ4n) is 0.824. The standard InChI is InChI=1S/C9H15BrN4/c1-6(11)9(2,3)14-8-7(10)4-12-5-13-8/h4-6H,11H2,1-3H3,(H,12,13,14). The highest BCUT2D eigenvalue weighted by atomic mass is 79.9. The highest BCUT2D eigenvalue weighted by Gasteiger charge is 2.23. The predicted octanol–water partition coefficient (Wildman–Crippen LogP) is 1.78. The molecule has 0 aliphatic rings. The van der Waals surface area contributed by atoms with Gasteiger partial charge in [0, 0.05) is 17.8 Å². The molecule has 0 saturated heterocycles. The van der Waals surface area contributed by atoms with Crippen LogP contribution in [0.1, 0.15) is 20.8 Å². The van der Waals surface area contributed by atoms with Gasteiger partial charge in [-0.05, 0) is 36.7 Å². The molecular formula is C9H15BrN4. The monoisotopic (exact) mass is 258 g/mol. The van der Waals surface area contributed by atoms with Gasteiger partial charge in [0.15, 0.2) is 0 Å². The number of hydrogen-bond acceptors (Lipinski definition) is 4. The maximum atomic E-state index is 5.85. The van der Waals surface area contributed by atoms with Crippen molar-refractivity contribution < 1.29 is 0 Å². The SMILES string of the molecule is CC(N)C(C)(C)Nc1ncncc1Br. The van der Waals surface area contributed by atoms with E-state index in [1.165, 1.54) is 6.33 Å². The Morgan fingerprint density at radius 1 is 1.57 bits per heavy atom. The van der Waals surface area contributed by atoms with E-state index >= 15 is 0 Å². The maximum absolute atomic E-state index is 5.85. The minimum Gasteiger partial charge on any atom is -0.363 e. The Kier molecular flexibility index (Phi) is 3.44. The van der Waals surface area contributed by atoms with Gasteiger partial charge in [-0.2, -0.15) is 0 Å². The second kappa shape index (κ2) is 4.23. The molecule has 1 rings (SSSR count). The lowest BCUT2D eigenvalue weighted by Crippen LogP contribution is -2.47. The highest BCUT2D eigenvalue weighted by molar-refractivity contribution is 9.10. The molecule has 3 N–H and O–H groups in total. The van der Waals surface area contributed by atoms with Crippen LogP contribution < -0.4 is 11.1 Å². The first-order valence-corrected chi connectivity index (χ1v) is 5.22. The average Bonchev–Trinajstić information content (AvgIpc) is 2.08. The first-order chi connectivity index (χ1) is 6.43. The molecule has 1 unspecified atom stereocenters. The number of nitrogens with two attached hydrogens (primary N) is 1. The second-order valence-corrected chi connectivity index (χ2v) is 4.71. The van der Waals surface area contributed by atoms with Gasteiger partial charge in [0.2, 0.25) is 0 Å². The zero-order chi connectivity index (χ0) is 10.8. The van der Waals surface area contributed by atoms with E-state index in [-0.39, 0.29) is 11.6 Å². The van der Waals surface area contributed by atoms with Crippen molar-refractivity contribution in [1.82, 2.24) is 9.97 Å². The number of rotatable bonds is 3. The zero-order valence-electron chi connectivity index (χ0n) is 8.58. The molecule has 0 bridgehead atoms. The molecule has 1 aromatic rings. The number of halogens is 1. The minimum absolute atomic E-state index is 0.0318. The Bertz CT molecular complexity index is 311. The second-order valence-electron chi connectivity index (χ2n) is 3.85. The molecule has 5 heteroatoms. The van der Waals surface area contributed by atoms with Crippen LogP contribution in [0.25, 0.3) is 0 Å². The van der Waals surface area contributed by atoms with E-state index in [1.54, 1.807) is 6.20 Å². The molecule has 0 amide bonds. The van der Waals surface area contributed by atoms with Crippen molar-refractivity contribution in [2.75, 3.05) is 5.32 Å². The molecule has 0 aliphatic carbocycles. The molecule has 4 nitrogen and oxygen atoms in total. The van der Waals surface area contributed by atoms with Crippen LogP contribution in [0.15, 0.2) is 17.0 Å². The van der Waals surface area contributed by atoms with E-state index in [1.807, 2.05) is 20.8 Å². The quantitative estimate of drug-likeness (QED) is 0.868. The van der Waals surface area contributed by atoms with E-state index in [9.17, 15) is 0 Å². The molecule has 78 valence electrons. The molecule has 1 heterocycles. The predicted molar refractivity (Wildman–Crippen MR) is 61.1 cm³/mol. The smallest absolute Gasteiger partial charge is 0.144 e. The summed E-state index contributed by atoms with van der Waals surface area (Å²) in [5.41, 5.74) is 5.65. The third-order valence-electron chi connectivity index (χ3n) is 2.25. The number of hydrogen-bond donors (Lipinski definition) is 2. The van der Waals surface area contributed by atoms with E-state index in [0.29, 0.717) is 0 Å². The van der Waals surface area contributed by atoms with Crippen LogP contribution in [-0.4, -0.2) is 21.5 Å². The van der Waals surface area contributed by atoms with E-state index < -0.39 is 0 Å². The maximum Gasteiger partial charge on any atom is 0.144 e. The summed E-state index contributed by atoms with van der Waals surface area (Å²) in [6.45, 7) is 6.03. The number of anilines is 1. The summed E-state index contributed by atoms with van der Waals surface area (Å²) in [5, 5.41) is 3.26. The van der Waals surface area contributed by atoms with E-state index in [4.69, 9.17) is 5.73 Å². The van der Waals surface area contributed by atoms with E-state index in [2.05, 4.69) is 31.2 Å². The van der Waals surface area contributed by atoms with Crippen LogP contribution in [0.5, 0.6) is 0 Å². The lowest BCUT2D eigenvalue weighted by atomic mass is 9.97. The Morgan fingerprint density at radius 3 is 2.71 bits per heavy atom. The molecule has 0 saturated carbocycles. The molecule has 1 atom stereocenters.